The second-order valence-corrected chi connectivity index (χ2v) is 5.32. The van der Waals surface area contributed by atoms with E-state index < -0.39 is 10.1 Å². The quantitative estimate of drug-likeness (QED) is 0.569. The molecule has 0 saturated carbocycles. The van der Waals surface area contributed by atoms with Crippen LogP contribution in [0.3, 0.4) is 0 Å². The maximum absolute atomic E-state index is 11.2. The summed E-state index contributed by atoms with van der Waals surface area (Å²) < 4.78 is 33.6. The Balaban J connectivity index is 0.00000162. The average Bonchev–Trinajstić information content (AvgIpc) is 2.28. The van der Waals surface area contributed by atoms with E-state index in [0.717, 1.165) is 17.2 Å². The van der Waals surface area contributed by atoms with E-state index in [1.54, 1.807) is 6.07 Å². The molecule has 0 aliphatic carbocycles. The summed E-state index contributed by atoms with van der Waals surface area (Å²) in [5.41, 5.74) is 0.639. The third-order valence-corrected chi connectivity index (χ3v) is 3.69. The molecule has 3 nitrogen and oxygen atoms in total. The number of rotatable bonds is 3. The number of hydrogen-bond acceptors (Lipinski definition) is 3. The van der Waals surface area contributed by atoms with Gasteiger partial charge in [0.15, 0.2) is 0 Å². The van der Waals surface area contributed by atoms with Crippen molar-refractivity contribution in [1.29, 1.82) is 0 Å². The molecule has 0 atom stereocenters. The van der Waals surface area contributed by atoms with Crippen molar-refractivity contribution in [2.75, 3.05) is 0 Å². The average molecular weight is 272 g/mol. The number of hydrogen-bond donors (Lipinski definition) is 0. The first kappa shape index (κ1) is 15.7. The second kappa shape index (κ2) is 6.17. The van der Waals surface area contributed by atoms with Crippen LogP contribution in [0.2, 0.25) is 0 Å². The smallest absolute Gasteiger partial charge is 0.744 e. The number of fused-ring (bicyclic) bond motifs is 1. The molecule has 0 spiro atoms. The molecule has 0 aromatic heterocycles. The van der Waals surface area contributed by atoms with Crippen molar-refractivity contribution in [2.24, 2.45) is 0 Å². The summed E-state index contributed by atoms with van der Waals surface area (Å²) in [7, 11) is -4.40. The normalized spacial score (nSPS) is 11.2. The Labute approximate surface area is 129 Å². The van der Waals surface area contributed by atoms with Crippen molar-refractivity contribution in [3.8, 4) is 0 Å². The van der Waals surface area contributed by atoms with Crippen LogP contribution in [0.5, 0.6) is 0 Å². The van der Waals surface area contributed by atoms with Crippen LogP contribution in [0.25, 0.3) is 10.8 Å². The van der Waals surface area contributed by atoms with Crippen LogP contribution in [-0.4, -0.2) is 13.0 Å². The van der Waals surface area contributed by atoms with Crippen LogP contribution in [0.15, 0.2) is 41.3 Å². The summed E-state index contributed by atoms with van der Waals surface area (Å²) in [6, 6.07) is 10.6. The fourth-order valence-electron chi connectivity index (χ4n) is 2.06. The van der Waals surface area contributed by atoms with Gasteiger partial charge in [0.25, 0.3) is 0 Å². The molecule has 0 aliphatic rings. The van der Waals surface area contributed by atoms with E-state index in [0.29, 0.717) is 12.0 Å². The summed E-state index contributed by atoms with van der Waals surface area (Å²) in [5, 5.41) is 1.81. The van der Waals surface area contributed by atoms with Crippen LogP contribution < -0.4 is 29.6 Å². The Morgan fingerprint density at radius 3 is 2.39 bits per heavy atom. The molecule has 0 heterocycles. The fourth-order valence-corrected chi connectivity index (χ4v) is 2.81. The first-order chi connectivity index (χ1) is 8.04. The zero-order chi connectivity index (χ0) is 12.5. The van der Waals surface area contributed by atoms with Gasteiger partial charge in [-0.2, -0.15) is 0 Å². The molecule has 2 rings (SSSR count). The maximum atomic E-state index is 11.2. The van der Waals surface area contributed by atoms with Gasteiger partial charge in [0, 0.05) is 0 Å². The van der Waals surface area contributed by atoms with Gasteiger partial charge in [-0.15, -0.1) is 0 Å². The van der Waals surface area contributed by atoms with Crippen LogP contribution in [-0.2, 0) is 16.5 Å². The SMILES string of the molecule is CCCc1c(S(=O)(=O)[O-])ccc2ccccc12.[Na+]. The van der Waals surface area contributed by atoms with E-state index in [1.807, 2.05) is 31.2 Å². The van der Waals surface area contributed by atoms with Crippen LogP contribution in [0, 0.1) is 0 Å². The maximum Gasteiger partial charge on any atom is 1.00 e. The summed E-state index contributed by atoms with van der Waals surface area (Å²) in [6.45, 7) is 1.96. The van der Waals surface area contributed by atoms with Gasteiger partial charge in [0.1, 0.15) is 10.1 Å². The third kappa shape index (κ3) is 3.13. The van der Waals surface area contributed by atoms with Crippen molar-refractivity contribution in [2.45, 2.75) is 24.7 Å². The van der Waals surface area contributed by atoms with Crippen molar-refractivity contribution in [3.05, 3.63) is 42.0 Å². The molecule has 0 N–H and O–H groups in total. The molecule has 18 heavy (non-hydrogen) atoms. The van der Waals surface area contributed by atoms with Gasteiger partial charge in [-0.3, -0.25) is 0 Å². The topological polar surface area (TPSA) is 57.2 Å². The molecule has 0 aliphatic heterocycles. The molecule has 5 heteroatoms. The molecule has 0 unspecified atom stereocenters. The van der Waals surface area contributed by atoms with Crippen molar-refractivity contribution in [1.82, 2.24) is 0 Å². The molecule has 0 amide bonds. The van der Waals surface area contributed by atoms with E-state index in [2.05, 4.69) is 0 Å². The summed E-state index contributed by atoms with van der Waals surface area (Å²) in [6.07, 6.45) is 1.40. The Bertz CT molecular complexity index is 650. The first-order valence-electron chi connectivity index (χ1n) is 5.50. The van der Waals surface area contributed by atoms with Crippen LogP contribution in [0.4, 0.5) is 0 Å². The van der Waals surface area contributed by atoms with Gasteiger partial charge in [-0.05, 0) is 28.8 Å². The van der Waals surface area contributed by atoms with Crippen molar-refractivity contribution < 1.29 is 42.5 Å². The molecule has 2 aromatic rings. The molecule has 0 fully saturated rings. The van der Waals surface area contributed by atoms with E-state index in [1.165, 1.54) is 6.07 Å². The first-order valence-corrected chi connectivity index (χ1v) is 6.91. The van der Waals surface area contributed by atoms with Gasteiger partial charge in [0.2, 0.25) is 0 Å². The molecule has 2 aromatic carbocycles. The van der Waals surface area contributed by atoms with Gasteiger partial charge in [-0.25, -0.2) is 8.42 Å². The minimum absolute atomic E-state index is 0. The third-order valence-electron chi connectivity index (χ3n) is 2.77. The number of benzene rings is 2. The molecule has 0 bridgehead atoms. The largest absolute Gasteiger partial charge is 1.00 e. The minimum Gasteiger partial charge on any atom is -0.744 e. The van der Waals surface area contributed by atoms with Gasteiger partial charge >= 0.3 is 29.6 Å². The van der Waals surface area contributed by atoms with E-state index in [4.69, 9.17) is 0 Å². The Kier molecular flexibility index (Phi) is 5.37. The van der Waals surface area contributed by atoms with Crippen LogP contribution in [0.1, 0.15) is 18.9 Å². The molecular formula is C13H13NaO3S. The predicted molar refractivity (Wildman–Crippen MR) is 65.9 cm³/mol. The fraction of sp³-hybridized carbons (Fsp3) is 0.231. The minimum atomic E-state index is -4.40. The zero-order valence-corrected chi connectivity index (χ0v) is 13.3. The number of aryl methyl sites for hydroxylation is 1. The van der Waals surface area contributed by atoms with E-state index in [9.17, 15) is 13.0 Å². The standard InChI is InChI=1S/C13H14O3S.Na/c1-2-5-12-11-7-4-3-6-10(11)8-9-13(12)17(14,15)16;/h3-4,6-9H,2,5H2,1H3,(H,14,15,16);/q;+1/p-1. The predicted octanol–water partition coefficient (Wildman–Crippen LogP) is -0.300. The monoisotopic (exact) mass is 272 g/mol. The van der Waals surface area contributed by atoms with Crippen molar-refractivity contribution in [3.63, 3.8) is 0 Å². The molecular weight excluding hydrogens is 259 g/mol. The Hall–Kier alpha value is -0.390. The van der Waals surface area contributed by atoms with Crippen molar-refractivity contribution >= 4 is 20.9 Å². The van der Waals surface area contributed by atoms with Gasteiger partial charge in [-0.1, -0.05) is 43.7 Å². The molecule has 90 valence electrons. The second-order valence-electron chi connectivity index (χ2n) is 3.97. The summed E-state index contributed by atoms with van der Waals surface area (Å²) in [5.74, 6) is 0. The molecule has 0 saturated heterocycles. The van der Waals surface area contributed by atoms with Gasteiger partial charge in [0.05, 0.1) is 4.90 Å². The Morgan fingerprint density at radius 1 is 1.11 bits per heavy atom. The van der Waals surface area contributed by atoms with E-state index >= 15 is 0 Å². The zero-order valence-electron chi connectivity index (χ0n) is 10.5. The Morgan fingerprint density at radius 2 is 1.78 bits per heavy atom. The van der Waals surface area contributed by atoms with Crippen LogP contribution >= 0.6 is 0 Å². The van der Waals surface area contributed by atoms with Gasteiger partial charge < -0.3 is 4.55 Å². The summed E-state index contributed by atoms with van der Waals surface area (Å²) in [4.78, 5) is -0.0851. The van der Waals surface area contributed by atoms with E-state index in [-0.39, 0.29) is 34.5 Å². The summed E-state index contributed by atoms with van der Waals surface area (Å²) >= 11 is 0. The molecule has 0 radical (unpaired) electrons.